The van der Waals surface area contributed by atoms with E-state index < -0.39 is 47.3 Å². The zero-order chi connectivity index (χ0) is 56.6. The Kier molecular flexibility index (Phi) is 14.9. The minimum Gasteiger partial charge on any atom is -0.507 e. The Morgan fingerprint density at radius 2 is 1.16 bits per heavy atom. The van der Waals surface area contributed by atoms with Crippen LogP contribution in [0.5, 0.6) is 5.75 Å². The third-order valence-electron chi connectivity index (χ3n) is 13.1. The maximum absolute atomic E-state index is 13.9. The summed E-state index contributed by atoms with van der Waals surface area (Å²) in [5, 5.41) is 32.9. The monoisotopic (exact) mass is 1100 g/mol. The van der Waals surface area contributed by atoms with E-state index >= 15 is 0 Å². The van der Waals surface area contributed by atoms with Crippen LogP contribution in [0.2, 0.25) is 0 Å². The number of fused-ring (bicyclic) bond motifs is 3. The van der Waals surface area contributed by atoms with Gasteiger partial charge in [0, 0.05) is 122 Å². The van der Waals surface area contributed by atoms with Gasteiger partial charge in [-0.3, -0.25) is 38.2 Å². The number of halogens is 1. The number of hydrogen-bond donors (Lipinski definition) is 7. The molecule has 0 saturated carbocycles. The number of phenols is 1. The van der Waals surface area contributed by atoms with Gasteiger partial charge in [0.05, 0.1) is 29.9 Å². The molecule has 79 heavy (non-hydrogen) atoms. The van der Waals surface area contributed by atoms with Gasteiger partial charge in [-0.1, -0.05) is 24.3 Å². The van der Waals surface area contributed by atoms with Crippen LogP contribution in [0, 0.1) is 0 Å². The number of ether oxygens (including phenoxy) is 1. The van der Waals surface area contributed by atoms with Crippen molar-refractivity contribution in [3.8, 4) is 5.75 Å². The summed E-state index contributed by atoms with van der Waals surface area (Å²) in [5.41, 5.74) is 2.91. The van der Waals surface area contributed by atoms with E-state index in [9.17, 15) is 43.5 Å². The molecule has 0 bridgehead atoms. The lowest BCUT2D eigenvalue weighted by atomic mass is 9.95. The van der Waals surface area contributed by atoms with Gasteiger partial charge < -0.3 is 69.5 Å². The van der Waals surface area contributed by atoms with Crippen LogP contribution in [0.4, 0.5) is 34.4 Å². The van der Waals surface area contributed by atoms with Crippen molar-refractivity contribution in [3.05, 3.63) is 131 Å². The van der Waals surface area contributed by atoms with Crippen LogP contribution in [0.15, 0.2) is 85.6 Å². The zero-order valence-corrected chi connectivity index (χ0v) is 44.4. The largest absolute Gasteiger partial charge is 0.507 e. The number of phenolic OH excluding ortho intramolecular Hbond substituents is 1. The lowest BCUT2D eigenvalue weighted by molar-refractivity contribution is -0.116. The van der Waals surface area contributed by atoms with Crippen molar-refractivity contribution in [3.63, 3.8) is 0 Å². The number of hydrogen-bond acceptors (Lipinski definition) is 13. The lowest BCUT2D eigenvalue weighted by Crippen LogP contribution is -2.30. The number of amides is 7. The summed E-state index contributed by atoms with van der Waals surface area (Å²) in [7, 11) is 10.8. The average molecular weight is 1100 g/mol. The molecule has 0 aliphatic carbocycles. The van der Waals surface area contributed by atoms with Crippen molar-refractivity contribution in [1.29, 1.82) is 0 Å². The Labute approximate surface area is 454 Å². The fourth-order valence-corrected chi connectivity index (χ4v) is 9.54. The molecule has 408 valence electrons. The molecule has 1 atom stereocenters. The topological polar surface area (TPSA) is 310 Å². The summed E-state index contributed by atoms with van der Waals surface area (Å²) in [4.78, 5) is 115. The van der Waals surface area contributed by atoms with Crippen LogP contribution in [-0.2, 0) is 51.8 Å². The highest BCUT2D eigenvalue weighted by Crippen LogP contribution is 2.45. The molecule has 1 unspecified atom stereocenters. The van der Waals surface area contributed by atoms with Gasteiger partial charge in [-0.15, -0.1) is 11.6 Å². The molecule has 2 aromatic carbocycles. The van der Waals surface area contributed by atoms with Crippen LogP contribution in [0.25, 0.3) is 10.8 Å². The molecule has 1 aliphatic rings. The van der Waals surface area contributed by atoms with Crippen LogP contribution >= 0.6 is 11.6 Å². The lowest BCUT2D eigenvalue weighted by Gasteiger charge is -2.17. The van der Waals surface area contributed by atoms with E-state index in [0.717, 1.165) is 10.9 Å². The van der Waals surface area contributed by atoms with Gasteiger partial charge >= 0.3 is 5.97 Å². The summed E-state index contributed by atoms with van der Waals surface area (Å²) < 4.78 is 13.3. The van der Waals surface area contributed by atoms with Gasteiger partial charge in [0.2, 0.25) is 17.6 Å². The Bertz CT molecular complexity index is 3800. The number of anilines is 6. The van der Waals surface area contributed by atoms with Crippen molar-refractivity contribution in [2.24, 2.45) is 42.3 Å². The Hall–Kier alpha value is -9.98. The SMILES string of the molecule is COC(=O)c1nc(NC(=O)c2cc(NC(=O)c3nc(NC(=O)CCCNC(=O)c4cc(NC(=O)c5cc(NC(=O)c6cc(C(=O)N7CC(CCl)c8c7cc(O)c7ccccc87)nn6C)cn5C)cn4C)cn3C)cn2C)cn1C. The second kappa shape index (κ2) is 21.9. The highest BCUT2D eigenvalue weighted by Gasteiger charge is 2.36. The minimum absolute atomic E-state index is 0.000791. The maximum Gasteiger partial charge on any atom is 0.374 e. The molecule has 0 saturated heterocycles. The molecule has 1 aliphatic heterocycles. The number of alkyl halides is 1. The number of methoxy groups -OCH3 is 1. The summed E-state index contributed by atoms with van der Waals surface area (Å²) in [6.07, 6.45) is 7.79. The minimum atomic E-state index is -0.672. The zero-order valence-electron chi connectivity index (χ0n) is 43.7. The fourth-order valence-electron chi connectivity index (χ4n) is 9.29. The molecule has 26 nitrogen and oxygen atoms in total. The van der Waals surface area contributed by atoms with E-state index in [1.165, 1.54) is 89.4 Å². The van der Waals surface area contributed by atoms with E-state index in [4.69, 9.17) is 16.3 Å². The van der Waals surface area contributed by atoms with Crippen molar-refractivity contribution < 1.29 is 48.2 Å². The number of esters is 1. The molecular formula is C52H53ClN16O10. The van der Waals surface area contributed by atoms with Gasteiger partial charge in [-0.2, -0.15) is 5.10 Å². The number of aryl methyl sites for hydroxylation is 6. The first kappa shape index (κ1) is 53.8. The molecule has 7 heterocycles. The van der Waals surface area contributed by atoms with E-state index in [1.54, 1.807) is 59.8 Å². The quantitative estimate of drug-likeness (QED) is 0.0370. The van der Waals surface area contributed by atoms with Crippen LogP contribution in [0.1, 0.15) is 98.0 Å². The van der Waals surface area contributed by atoms with E-state index in [-0.39, 0.29) is 107 Å². The molecule has 0 spiro atoms. The number of aromatic hydroxyl groups is 1. The van der Waals surface area contributed by atoms with Crippen LogP contribution < -0.4 is 36.8 Å². The highest BCUT2D eigenvalue weighted by atomic mass is 35.5. The summed E-state index contributed by atoms with van der Waals surface area (Å²) in [5.74, 6) is -4.05. The number of benzene rings is 2. The molecule has 6 aromatic heterocycles. The van der Waals surface area contributed by atoms with Gasteiger partial charge in [0.25, 0.3) is 35.4 Å². The van der Waals surface area contributed by atoms with Crippen LogP contribution in [0.3, 0.4) is 0 Å². The second-order valence-electron chi connectivity index (χ2n) is 18.7. The molecule has 0 fully saturated rings. The van der Waals surface area contributed by atoms with E-state index in [0.29, 0.717) is 16.8 Å². The Morgan fingerprint density at radius 3 is 1.77 bits per heavy atom. The first-order valence-corrected chi connectivity index (χ1v) is 24.9. The number of carbonyl (C=O) groups excluding carboxylic acids is 8. The first-order valence-electron chi connectivity index (χ1n) is 24.4. The van der Waals surface area contributed by atoms with E-state index in [1.807, 2.05) is 18.2 Å². The number of aromatic nitrogens is 9. The third-order valence-corrected chi connectivity index (χ3v) is 13.5. The van der Waals surface area contributed by atoms with Gasteiger partial charge in [0.15, 0.2) is 17.3 Å². The number of rotatable bonds is 17. The van der Waals surface area contributed by atoms with Gasteiger partial charge in [0.1, 0.15) is 28.5 Å². The van der Waals surface area contributed by atoms with Crippen LogP contribution in [-0.4, -0.2) is 121 Å². The highest BCUT2D eigenvalue weighted by molar-refractivity contribution is 6.19. The second-order valence-corrected chi connectivity index (χ2v) is 19.0. The predicted molar refractivity (Wildman–Crippen MR) is 290 cm³/mol. The number of carbonyl (C=O) groups is 8. The third kappa shape index (κ3) is 11.0. The molecule has 0 radical (unpaired) electrons. The maximum atomic E-state index is 13.9. The standard InChI is InChI=1S/C52H53ClN16O10/c1-63-22-28(55-47(73)36-16-29(23-64(36)2)56-49(75)38-18-33(62-68(38)6)51(77)69-21-27(20-53)43-32-12-9-8-11-31(32)39(70)19-34(43)69)15-35(63)46(72)54-14-10-13-42(71)58-40-25-66(4)44(59-40)50(76)57-30-17-37(65(3)24-30)48(74)61-41-26-67(5)45(60-41)52(78)79-7/h8-9,11-12,15-19,22-27,70H,10,13-14,20-21H2,1-7H3,(H,54,72)(H,55,73)(H,56,75)(H,57,76)(H,58,71)(H,61,74). The summed E-state index contributed by atoms with van der Waals surface area (Å²) >= 11 is 6.37. The molecule has 8 aromatic rings. The molecule has 27 heteroatoms. The number of nitrogens with zero attached hydrogens (tertiary/aromatic N) is 10. The van der Waals surface area contributed by atoms with E-state index in [2.05, 4.69) is 47.0 Å². The van der Waals surface area contributed by atoms with Gasteiger partial charge in [-0.25, -0.2) is 14.8 Å². The van der Waals surface area contributed by atoms with Crippen molar-refractivity contribution in [2.45, 2.75) is 18.8 Å². The average Bonchev–Trinajstić information content (AvgIpc) is 4.51. The number of imidazole rings is 2. The Balaban J connectivity index is 0.730. The van der Waals surface area contributed by atoms with Crippen molar-refractivity contribution >= 4 is 104 Å². The molecule has 7 amide bonds. The van der Waals surface area contributed by atoms with Crippen molar-refractivity contribution in [2.75, 3.05) is 57.6 Å². The molecule has 9 rings (SSSR count). The van der Waals surface area contributed by atoms with Crippen molar-refractivity contribution in [1.82, 2.24) is 47.9 Å². The van der Waals surface area contributed by atoms with Gasteiger partial charge in [-0.05, 0) is 35.6 Å². The predicted octanol–water partition coefficient (Wildman–Crippen LogP) is 4.69. The fraction of sp³-hybridized carbons (Fsp3) is 0.250. The smallest absolute Gasteiger partial charge is 0.374 e. The molecular weight excluding hydrogens is 1040 g/mol. The normalized spacial score (nSPS) is 12.8. The molecule has 7 N–H and O–H groups in total. The number of nitrogens with one attached hydrogen (secondary N) is 6. The summed E-state index contributed by atoms with van der Waals surface area (Å²) in [6.45, 7) is 0.385. The first-order chi connectivity index (χ1) is 37.7. The summed E-state index contributed by atoms with van der Waals surface area (Å²) in [6, 6.07) is 14.7. The Morgan fingerprint density at radius 1 is 0.633 bits per heavy atom.